The summed E-state index contributed by atoms with van der Waals surface area (Å²) in [5.74, 6) is 0. The second-order valence-corrected chi connectivity index (χ2v) is 5.51. The quantitative estimate of drug-likeness (QED) is 0.630. The molecule has 104 valence electrons. The first-order chi connectivity index (χ1) is 10.1. The van der Waals surface area contributed by atoms with Crippen molar-refractivity contribution in [2.24, 2.45) is 0 Å². The van der Waals surface area contributed by atoms with Crippen LogP contribution in [0, 0.1) is 13.8 Å². The van der Waals surface area contributed by atoms with Gasteiger partial charge in [0.25, 0.3) is 5.24 Å². The van der Waals surface area contributed by atoms with Crippen LogP contribution in [0.15, 0.2) is 48.5 Å². The minimum Gasteiger partial charge on any atom is -0.276 e. The summed E-state index contributed by atoms with van der Waals surface area (Å²) in [6.07, 6.45) is 0. The molecule has 0 saturated carbocycles. The Morgan fingerprint density at radius 2 is 1.81 bits per heavy atom. The molecular weight excluding hydrogens is 282 g/mol. The van der Waals surface area contributed by atoms with Gasteiger partial charge in [-0.3, -0.25) is 4.79 Å². The summed E-state index contributed by atoms with van der Waals surface area (Å²) < 4.78 is 0. The van der Waals surface area contributed by atoms with Crippen molar-refractivity contribution in [3.8, 4) is 11.3 Å². The Morgan fingerprint density at radius 3 is 2.52 bits per heavy atom. The number of fused-ring (bicyclic) bond motifs is 1. The van der Waals surface area contributed by atoms with Gasteiger partial charge in [0.2, 0.25) is 0 Å². The Kier molecular flexibility index (Phi) is 3.48. The molecule has 21 heavy (non-hydrogen) atoms. The second kappa shape index (κ2) is 5.30. The van der Waals surface area contributed by atoms with E-state index in [1.54, 1.807) is 6.07 Å². The van der Waals surface area contributed by atoms with Crippen LogP contribution in [0.25, 0.3) is 22.2 Å². The lowest BCUT2D eigenvalue weighted by Crippen LogP contribution is -1.97. The Balaban J connectivity index is 2.35. The van der Waals surface area contributed by atoms with E-state index in [1.807, 2.05) is 50.2 Å². The van der Waals surface area contributed by atoms with Crippen molar-refractivity contribution in [3.63, 3.8) is 0 Å². The van der Waals surface area contributed by atoms with Gasteiger partial charge in [0.15, 0.2) is 0 Å². The number of hydrogen-bond donors (Lipinski definition) is 0. The first-order valence-corrected chi connectivity index (χ1v) is 7.11. The molecule has 3 heteroatoms. The molecule has 0 spiro atoms. The molecule has 0 N–H and O–H groups in total. The van der Waals surface area contributed by atoms with Gasteiger partial charge in [-0.1, -0.05) is 42.0 Å². The smallest absolute Gasteiger partial charge is 0.253 e. The molecule has 0 fully saturated rings. The number of hydrogen-bond acceptors (Lipinski definition) is 2. The van der Waals surface area contributed by atoms with E-state index in [0.29, 0.717) is 5.56 Å². The molecule has 0 aliphatic heterocycles. The van der Waals surface area contributed by atoms with Crippen molar-refractivity contribution in [2.45, 2.75) is 13.8 Å². The van der Waals surface area contributed by atoms with Gasteiger partial charge >= 0.3 is 0 Å². The molecule has 0 radical (unpaired) electrons. The monoisotopic (exact) mass is 295 g/mol. The summed E-state index contributed by atoms with van der Waals surface area (Å²) in [5, 5.41) is 0.341. The summed E-state index contributed by atoms with van der Waals surface area (Å²) in [6, 6.07) is 15.6. The summed E-state index contributed by atoms with van der Waals surface area (Å²) in [4.78, 5) is 16.5. The third-order valence-electron chi connectivity index (χ3n) is 3.57. The average molecular weight is 296 g/mol. The fraction of sp³-hybridized carbons (Fsp3) is 0.111. The maximum Gasteiger partial charge on any atom is 0.253 e. The van der Waals surface area contributed by atoms with Gasteiger partial charge in [0.05, 0.1) is 11.2 Å². The molecule has 0 atom stereocenters. The SMILES string of the molecule is Cc1cccc(-c2cc(C(=O)Cl)c3cccc(C)c3n2)c1. The highest BCUT2D eigenvalue weighted by atomic mass is 35.5. The minimum absolute atomic E-state index is 0.457. The Labute approximate surface area is 128 Å². The normalized spacial score (nSPS) is 10.8. The van der Waals surface area contributed by atoms with Crippen LogP contribution in [0.5, 0.6) is 0 Å². The summed E-state index contributed by atoms with van der Waals surface area (Å²) in [5.41, 5.74) is 5.25. The van der Waals surface area contributed by atoms with Crippen molar-refractivity contribution in [3.05, 3.63) is 65.2 Å². The molecular formula is C18H14ClNO. The van der Waals surface area contributed by atoms with Crippen molar-refractivity contribution >= 4 is 27.7 Å². The highest BCUT2D eigenvalue weighted by Gasteiger charge is 2.13. The molecule has 2 nitrogen and oxygen atoms in total. The van der Waals surface area contributed by atoms with Crippen molar-refractivity contribution in [2.75, 3.05) is 0 Å². The van der Waals surface area contributed by atoms with Crippen LogP contribution in [0.3, 0.4) is 0 Å². The number of para-hydroxylation sites is 1. The third kappa shape index (κ3) is 2.55. The van der Waals surface area contributed by atoms with Gasteiger partial charge in [0.1, 0.15) is 0 Å². The Bertz CT molecular complexity index is 855. The number of rotatable bonds is 2. The Morgan fingerprint density at radius 1 is 1.05 bits per heavy atom. The largest absolute Gasteiger partial charge is 0.276 e. The molecule has 0 amide bonds. The van der Waals surface area contributed by atoms with Crippen LogP contribution >= 0.6 is 11.6 Å². The molecule has 2 aromatic carbocycles. The third-order valence-corrected chi connectivity index (χ3v) is 3.77. The van der Waals surface area contributed by atoms with Crippen LogP contribution in [-0.4, -0.2) is 10.2 Å². The van der Waals surface area contributed by atoms with Gasteiger partial charge in [-0.05, 0) is 43.1 Å². The molecule has 0 bridgehead atoms. The zero-order valence-corrected chi connectivity index (χ0v) is 12.6. The number of pyridine rings is 1. The molecule has 0 unspecified atom stereocenters. The number of carbonyl (C=O) groups is 1. The first kappa shape index (κ1) is 13.8. The molecule has 0 aliphatic rings. The van der Waals surface area contributed by atoms with Crippen LogP contribution < -0.4 is 0 Å². The number of nitrogens with zero attached hydrogens (tertiary/aromatic N) is 1. The second-order valence-electron chi connectivity index (χ2n) is 5.17. The molecule has 1 heterocycles. The Hall–Kier alpha value is -2.19. The van der Waals surface area contributed by atoms with E-state index >= 15 is 0 Å². The molecule has 0 aliphatic carbocycles. The number of carbonyl (C=O) groups excluding carboxylic acids is 1. The predicted octanol–water partition coefficient (Wildman–Crippen LogP) is 4.90. The topological polar surface area (TPSA) is 30.0 Å². The number of aryl methyl sites for hydroxylation is 2. The highest BCUT2D eigenvalue weighted by molar-refractivity contribution is 6.68. The average Bonchev–Trinajstić information content (AvgIpc) is 2.46. The van der Waals surface area contributed by atoms with Crippen molar-refractivity contribution < 1.29 is 4.79 Å². The number of halogens is 1. The minimum atomic E-state index is -0.457. The van der Waals surface area contributed by atoms with Gasteiger partial charge < -0.3 is 0 Å². The number of aromatic nitrogens is 1. The van der Waals surface area contributed by atoms with E-state index < -0.39 is 5.24 Å². The van der Waals surface area contributed by atoms with Crippen LogP contribution in [0.4, 0.5) is 0 Å². The predicted molar refractivity (Wildman–Crippen MR) is 86.8 cm³/mol. The van der Waals surface area contributed by atoms with Gasteiger partial charge in [-0.2, -0.15) is 0 Å². The van der Waals surface area contributed by atoms with Gasteiger partial charge in [-0.15, -0.1) is 0 Å². The fourth-order valence-corrected chi connectivity index (χ4v) is 2.66. The van der Waals surface area contributed by atoms with E-state index in [1.165, 1.54) is 0 Å². The summed E-state index contributed by atoms with van der Waals surface area (Å²) >= 11 is 5.76. The van der Waals surface area contributed by atoms with Gasteiger partial charge in [0, 0.05) is 16.5 Å². The maximum absolute atomic E-state index is 11.8. The maximum atomic E-state index is 11.8. The molecule has 3 aromatic rings. The lowest BCUT2D eigenvalue weighted by Gasteiger charge is -2.09. The molecule has 1 aromatic heterocycles. The number of benzene rings is 2. The van der Waals surface area contributed by atoms with Crippen molar-refractivity contribution in [1.82, 2.24) is 4.98 Å². The van der Waals surface area contributed by atoms with Crippen LogP contribution in [-0.2, 0) is 0 Å². The molecule has 3 rings (SSSR count). The summed E-state index contributed by atoms with van der Waals surface area (Å²) in [7, 11) is 0. The lowest BCUT2D eigenvalue weighted by molar-refractivity contribution is 0.108. The highest BCUT2D eigenvalue weighted by Crippen LogP contribution is 2.28. The van der Waals surface area contributed by atoms with E-state index in [-0.39, 0.29) is 0 Å². The molecule has 0 saturated heterocycles. The lowest BCUT2D eigenvalue weighted by atomic mass is 10.0. The van der Waals surface area contributed by atoms with E-state index in [4.69, 9.17) is 16.6 Å². The standard InChI is InChI=1S/C18H14ClNO/c1-11-5-3-7-13(9-11)16-10-15(18(19)21)14-8-4-6-12(2)17(14)20-16/h3-10H,1-2H3. The fourth-order valence-electron chi connectivity index (χ4n) is 2.51. The van der Waals surface area contributed by atoms with Crippen molar-refractivity contribution in [1.29, 1.82) is 0 Å². The van der Waals surface area contributed by atoms with E-state index in [9.17, 15) is 4.79 Å². The summed E-state index contributed by atoms with van der Waals surface area (Å²) in [6.45, 7) is 4.02. The van der Waals surface area contributed by atoms with E-state index in [0.717, 1.165) is 33.3 Å². The zero-order chi connectivity index (χ0) is 15.0. The zero-order valence-electron chi connectivity index (χ0n) is 11.9. The first-order valence-electron chi connectivity index (χ1n) is 6.73. The van der Waals surface area contributed by atoms with Gasteiger partial charge in [-0.25, -0.2) is 4.98 Å². The van der Waals surface area contributed by atoms with E-state index in [2.05, 4.69) is 6.07 Å². The van der Waals surface area contributed by atoms with Crippen LogP contribution in [0.2, 0.25) is 0 Å². The van der Waals surface area contributed by atoms with Crippen LogP contribution in [0.1, 0.15) is 21.5 Å².